The number of benzene rings is 1. The minimum Gasteiger partial charge on any atom is -0.507 e. The Hall–Kier alpha value is -2.61. The third-order valence-electron chi connectivity index (χ3n) is 5.08. The molecule has 3 atom stereocenters. The number of methoxy groups -OCH3 is 1. The Morgan fingerprint density at radius 2 is 1.79 bits per heavy atom. The highest BCUT2D eigenvalue weighted by Gasteiger charge is 2.36. The Morgan fingerprint density at radius 3 is 2.32 bits per heavy atom. The number of amides is 2. The largest absolute Gasteiger partial charge is 0.507 e. The monoisotopic (exact) mass is 477 g/mol. The highest BCUT2D eigenvalue weighted by molar-refractivity contribution is 5.92. The van der Waals surface area contributed by atoms with E-state index >= 15 is 0 Å². The van der Waals surface area contributed by atoms with Gasteiger partial charge >= 0.3 is 0 Å². The van der Waals surface area contributed by atoms with E-state index < -0.39 is 35.1 Å². The van der Waals surface area contributed by atoms with Crippen LogP contribution in [-0.4, -0.2) is 60.6 Å². The number of unbranched alkanes of at least 4 members (excludes halogenated alkanes) is 1. The molecule has 0 saturated carbocycles. The molecule has 0 aromatic heterocycles. The maximum absolute atomic E-state index is 13.4. The Morgan fingerprint density at radius 1 is 1.15 bits per heavy atom. The number of nitrogens with zero attached hydrogens (tertiary/aromatic N) is 1. The van der Waals surface area contributed by atoms with Crippen molar-refractivity contribution in [2.45, 2.75) is 92.0 Å². The van der Waals surface area contributed by atoms with Gasteiger partial charge in [0.2, 0.25) is 11.8 Å². The van der Waals surface area contributed by atoms with Crippen LogP contribution in [0.5, 0.6) is 11.5 Å². The van der Waals surface area contributed by atoms with Gasteiger partial charge in [0.05, 0.1) is 18.8 Å². The van der Waals surface area contributed by atoms with Crippen molar-refractivity contribution in [3.8, 4) is 11.5 Å². The van der Waals surface area contributed by atoms with Crippen LogP contribution in [-0.2, 0) is 14.3 Å². The maximum atomic E-state index is 13.4. The first-order valence-corrected chi connectivity index (χ1v) is 11.9. The molecule has 0 aliphatic carbocycles. The highest BCUT2D eigenvalue weighted by Crippen LogP contribution is 2.25. The van der Waals surface area contributed by atoms with E-state index in [4.69, 9.17) is 9.47 Å². The van der Waals surface area contributed by atoms with Gasteiger partial charge in [-0.2, -0.15) is 0 Å². The van der Waals surface area contributed by atoms with E-state index in [-0.39, 0.29) is 11.7 Å². The van der Waals surface area contributed by atoms with Gasteiger partial charge in [-0.05, 0) is 57.7 Å². The Labute approximate surface area is 204 Å². The summed E-state index contributed by atoms with van der Waals surface area (Å²) < 4.78 is 11.2. The fourth-order valence-corrected chi connectivity index (χ4v) is 3.35. The zero-order valence-corrected chi connectivity index (χ0v) is 22.2. The number of hydrogen-bond donors (Lipinski definition) is 3. The van der Waals surface area contributed by atoms with Gasteiger partial charge in [-0.1, -0.05) is 34.1 Å². The number of aromatic hydroxyl groups is 1. The average molecular weight is 478 g/mol. The highest BCUT2D eigenvalue weighted by atomic mass is 16.5. The molecule has 0 unspecified atom stereocenters. The fraction of sp³-hybridized carbons (Fsp3) is 0.654. The lowest BCUT2D eigenvalue weighted by molar-refractivity contribution is -0.138. The molecular formula is C26H43N3O5. The van der Waals surface area contributed by atoms with Crippen LogP contribution in [0.1, 0.15) is 73.8 Å². The summed E-state index contributed by atoms with van der Waals surface area (Å²) >= 11 is 0. The summed E-state index contributed by atoms with van der Waals surface area (Å²) in [6.45, 7) is 15.7. The number of rotatable bonds is 11. The van der Waals surface area contributed by atoms with Crippen LogP contribution < -0.4 is 15.4 Å². The second-order valence-corrected chi connectivity index (χ2v) is 10.5. The van der Waals surface area contributed by atoms with E-state index in [0.29, 0.717) is 17.9 Å². The maximum Gasteiger partial charge on any atom is 0.246 e. The second kappa shape index (κ2) is 12.7. The SMILES string of the molecule is CCCCNC(=O)[C@H](NC(=O)[C@@H](N=Cc1cc(OC)ccc1O)C(C)(C)C)[C@H](C)OC(C)(C)C. The molecule has 0 radical (unpaired) electrons. The minimum absolute atomic E-state index is 0.0259. The summed E-state index contributed by atoms with van der Waals surface area (Å²) in [5, 5.41) is 15.9. The molecule has 0 fully saturated rings. The summed E-state index contributed by atoms with van der Waals surface area (Å²) in [4.78, 5) is 30.8. The number of aliphatic imine (C=N–C) groups is 1. The number of nitrogens with one attached hydrogen (secondary N) is 2. The molecule has 0 spiro atoms. The van der Waals surface area contributed by atoms with E-state index in [1.54, 1.807) is 19.1 Å². The number of carbonyl (C=O) groups excluding carboxylic acids is 2. The van der Waals surface area contributed by atoms with Gasteiger partial charge in [-0.3, -0.25) is 14.6 Å². The molecule has 0 saturated heterocycles. The van der Waals surface area contributed by atoms with Crippen molar-refractivity contribution in [1.29, 1.82) is 0 Å². The average Bonchev–Trinajstić information content (AvgIpc) is 2.71. The summed E-state index contributed by atoms with van der Waals surface area (Å²) in [6, 6.07) is 3.09. The molecule has 3 N–H and O–H groups in total. The van der Waals surface area contributed by atoms with Crippen LogP contribution in [0.25, 0.3) is 0 Å². The molecule has 0 bridgehead atoms. The van der Waals surface area contributed by atoms with Crippen LogP contribution >= 0.6 is 0 Å². The zero-order valence-electron chi connectivity index (χ0n) is 22.2. The van der Waals surface area contributed by atoms with Gasteiger partial charge in [0.1, 0.15) is 23.6 Å². The van der Waals surface area contributed by atoms with E-state index in [2.05, 4.69) is 15.6 Å². The van der Waals surface area contributed by atoms with Crippen molar-refractivity contribution in [2.75, 3.05) is 13.7 Å². The van der Waals surface area contributed by atoms with Gasteiger partial charge in [0, 0.05) is 18.3 Å². The number of phenolic OH excluding ortho intramolecular Hbond substituents is 1. The van der Waals surface area contributed by atoms with Crippen molar-refractivity contribution < 1.29 is 24.2 Å². The first-order valence-electron chi connectivity index (χ1n) is 11.9. The van der Waals surface area contributed by atoms with Crippen LogP contribution in [0.3, 0.4) is 0 Å². The lowest BCUT2D eigenvalue weighted by atomic mass is 9.86. The van der Waals surface area contributed by atoms with Crippen molar-refractivity contribution >= 4 is 18.0 Å². The molecule has 1 aromatic rings. The predicted octanol–water partition coefficient (Wildman–Crippen LogP) is 3.84. The summed E-state index contributed by atoms with van der Waals surface area (Å²) in [5.41, 5.74) is -0.607. The summed E-state index contributed by atoms with van der Waals surface area (Å²) in [5.74, 6) is -0.0993. The summed E-state index contributed by atoms with van der Waals surface area (Å²) in [6.07, 6.45) is 2.69. The Balaban J connectivity index is 3.19. The minimum atomic E-state index is -0.881. The molecule has 0 aliphatic heterocycles. The van der Waals surface area contributed by atoms with E-state index in [9.17, 15) is 14.7 Å². The molecule has 8 heteroatoms. The Kier molecular flexibility index (Phi) is 11.0. The quantitative estimate of drug-likeness (QED) is 0.331. The van der Waals surface area contributed by atoms with Crippen molar-refractivity contribution in [1.82, 2.24) is 10.6 Å². The molecule has 34 heavy (non-hydrogen) atoms. The number of hydrogen-bond acceptors (Lipinski definition) is 6. The van der Waals surface area contributed by atoms with Gasteiger partial charge in [-0.15, -0.1) is 0 Å². The molecule has 0 aliphatic rings. The lowest BCUT2D eigenvalue weighted by Gasteiger charge is -2.33. The Bertz CT molecular complexity index is 840. The number of phenols is 1. The summed E-state index contributed by atoms with van der Waals surface area (Å²) in [7, 11) is 1.53. The molecule has 192 valence electrons. The fourth-order valence-electron chi connectivity index (χ4n) is 3.35. The lowest BCUT2D eigenvalue weighted by Crippen LogP contribution is -2.57. The van der Waals surface area contributed by atoms with Crippen molar-refractivity contribution in [3.05, 3.63) is 23.8 Å². The van der Waals surface area contributed by atoms with Crippen LogP contribution in [0, 0.1) is 5.41 Å². The molecule has 1 aromatic carbocycles. The van der Waals surface area contributed by atoms with E-state index in [1.807, 2.05) is 48.5 Å². The standard InChI is InChI=1S/C26H43N3O5/c1-10-11-14-27-23(31)21(17(2)34-26(6,7)8)29-24(32)22(25(3,4)5)28-16-18-15-19(33-9)12-13-20(18)30/h12-13,15-17,21-22,30H,10-11,14H2,1-9H3,(H,27,31)(H,29,32)/t17-,21+,22+/m0/s1. The first-order chi connectivity index (χ1) is 15.7. The first kappa shape index (κ1) is 29.4. The van der Waals surface area contributed by atoms with Crippen LogP contribution in [0.4, 0.5) is 0 Å². The van der Waals surface area contributed by atoms with Gasteiger partial charge in [0.25, 0.3) is 0 Å². The smallest absolute Gasteiger partial charge is 0.246 e. The molecule has 2 amide bonds. The molecule has 8 nitrogen and oxygen atoms in total. The topological polar surface area (TPSA) is 109 Å². The number of ether oxygens (including phenoxy) is 2. The van der Waals surface area contributed by atoms with Crippen molar-refractivity contribution in [3.63, 3.8) is 0 Å². The number of carbonyl (C=O) groups is 2. The van der Waals surface area contributed by atoms with Crippen LogP contribution in [0.15, 0.2) is 23.2 Å². The normalized spacial score (nSPS) is 15.0. The zero-order chi connectivity index (χ0) is 26.1. The third-order valence-corrected chi connectivity index (χ3v) is 5.08. The van der Waals surface area contributed by atoms with Crippen molar-refractivity contribution in [2.24, 2.45) is 10.4 Å². The predicted molar refractivity (Wildman–Crippen MR) is 136 cm³/mol. The third kappa shape index (κ3) is 9.71. The van der Waals surface area contributed by atoms with E-state index in [0.717, 1.165) is 12.8 Å². The molecular weight excluding hydrogens is 434 g/mol. The van der Waals surface area contributed by atoms with E-state index in [1.165, 1.54) is 19.4 Å². The van der Waals surface area contributed by atoms with Gasteiger partial charge in [0.15, 0.2) is 0 Å². The molecule has 0 heterocycles. The van der Waals surface area contributed by atoms with Gasteiger partial charge < -0.3 is 25.2 Å². The molecule has 1 rings (SSSR count). The van der Waals surface area contributed by atoms with Gasteiger partial charge in [-0.25, -0.2) is 0 Å². The second-order valence-electron chi connectivity index (χ2n) is 10.5. The van der Waals surface area contributed by atoms with Crippen LogP contribution in [0.2, 0.25) is 0 Å².